The van der Waals surface area contributed by atoms with Crippen molar-refractivity contribution in [3.8, 4) is 11.5 Å². The summed E-state index contributed by atoms with van der Waals surface area (Å²) < 4.78 is 21.1. The highest BCUT2D eigenvalue weighted by Crippen LogP contribution is 2.28. The monoisotopic (exact) mass is 330 g/mol. The van der Waals surface area contributed by atoms with Crippen molar-refractivity contribution in [1.82, 2.24) is 0 Å². The fraction of sp³-hybridized carbons (Fsp3) is 0.278. The Morgan fingerprint density at radius 1 is 0.958 bits per heavy atom. The van der Waals surface area contributed by atoms with E-state index in [2.05, 4.69) is 0 Å². The molecule has 0 atom stereocenters. The number of hydrogen-bond acceptors (Lipinski definition) is 6. The average molecular weight is 330 g/mol. The van der Waals surface area contributed by atoms with Crippen molar-refractivity contribution in [2.45, 2.75) is 0 Å². The SMILES string of the molecule is COCCOCCOc1ccc2c(c1)c(=O)oc1cc(O)ccc12. The summed E-state index contributed by atoms with van der Waals surface area (Å²) in [6.07, 6.45) is 0. The molecule has 0 aliphatic carbocycles. The molecule has 1 aromatic heterocycles. The Hall–Kier alpha value is -2.57. The molecule has 6 nitrogen and oxygen atoms in total. The lowest BCUT2D eigenvalue weighted by molar-refractivity contribution is 0.0544. The molecule has 2 aromatic carbocycles. The Kier molecular flexibility index (Phi) is 4.98. The van der Waals surface area contributed by atoms with Crippen LogP contribution < -0.4 is 10.4 Å². The molecule has 0 amide bonds. The molecule has 1 N–H and O–H groups in total. The molecule has 0 radical (unpaired) electrons. The van der Waals surface area contributed by atoms with Crippen molar-refractivity contribution in [3.63, 3.8) is 0 Å². The molecule has 0 bridgehead atoms. The largest absolute Gasteiger partial charge is 0.508 e. The van der Waals surface area contributed by atoms with Gasteiger partial charge in [-0.25, -0.2) is 4.79 Å². The Labute approximate surface area is 138 Å². The quantitative estimate of drug-likeness (QED) is 0.408. The van der Waals surface area contributed by atoms with E-state index in [0.29, 0.717) is 43.1 Å². The maximum Gasteiger partial charge on any atom is 0.344 e. The molecule has 1 heterocycles. The fourth-order valence-corrected chi connectivity index (χ4v) is 2.45. The van der Waals surface area contributed by atoms with Gasteiger partial charge >= 0.3 is 5.63 Å². The van der Waals surface area contributed by atoms with Crippen LogP contribution in [0.2, 0.25) is 0 Å². The summed E-state index contributed by atoms with van der Waals surface area (Å²) >= 11 is 0. The third-order valence-corrected chi connectivity index (χ3v) is 3.60. The summed E-state index contributed by atoms with van der Waals surface area (Å²) in [5.74, 6) is 0.627. The van der Waals surface area contributed by atoms with Crippen molar-refractivity contribution >= 4 is 21.7 Å². The lowest BCUT2D eigenvalue weighted by Gasteiger charge is -2.08. The second kappa shape index (κ2) is 7.33. The lowest BCUT2D eigenvalue weighted by Crippen LogP contribution is -2.10. The van der Waals surface area contributed by atoms with Gasteiger partial charge in [-0.3, -0.25) is 0 Å². The number of fused-ring (bicyclic) bond motifs is 3. The van der Waals surface area contributed by atoms with Crippen LogP contribution in [0.25, 0.3) is 21.7 Å². The molecule has 0 saturated heterocycles. The van der Waals surface area contributed by atoms with Crippen LogP contribution in [-0.2, 0) is 9.47 Å². The number of benzene rings is 2. The third kappa shape index (κ3) is 3.50. The Balaban J connectivity index is 1.81. The standard InChI is InChI=1S/C18H18O6/c1-21-6-7-22-8-9-23-13-3-5-14-15-4-2-12(19)10-17(15)24-18(20)16(14)11-13/h2-5,10-11,19H,6-9H2,1H3. The minimum atomic E-state index is -0.468. The number of ether oxygens (including phenoxy) is 3. The van der Waals surface area contributed by atoms with E-state index in [-0.39, 0.29) is 5.75 Å². The lowest BCUT2D eigenvalue weighted by atomic mass is 10.1. The molecule has 126 valence electrons. The van der Waals surface area contributed by atoms with Crippen molar-refractivity contribution < 1.29 is 23.7 Å². The number of rotatable bonds is 7. The first kappa shape index (κ1) is 16.3. The van der Waals surface area contributed by atoms with E-state index in [0.717, 1.165) is 10.8 Å². The first-order valence-electron chi connectivity index (χ1n) is 7.58. The zero-order valence-electron chi connectivity index (χ0n) is 13.3. The molecule has 0 fully saturated rings. The van der Waals surface area contributed by atoms with Crippen molar-refractivity contribution in [2.24, 2.45) is 0 Å². The van der Waals surface area contributed by atoms with Crippen molar-refractivity contribution in [3.05, 3.63) is 46.8 Å². The van der Waals surface area contributed by atoms with Gasteiger partial charge in [0.1, 0.15) is 23.7 Å². The topological polar surface area (TPSA) is 78.1 Å². The zero-order chi connectivity index (χ0) is 16.9. The Bertz CT molecular complexity index is 899. The van der Waals surface area contributed by atoms with Gasteiger partial charge in [0, 0.05) is 23.9 Å². The molecule has 0 aliphatic heterocycles. The minimum absolute atomic E-state index is 0.0541. The smallest absolute Gasteiger partial charge is 0.344 e. The average Bonchev–Trinajstić information content (AvgIpc) is 2.58. The summed E-state index contributed by atoms with van der Waals surface area (Å²) in [5, 5.41) is 11.5. The molecular formula is C18H18O6. The summed E-state index contributed by atoms with van der Waals surface area (Å²) in [7, 11) is 1.62. The van der Waals surface area contributed by atoms with Gasteiger partial charge in [-0.1, -0.05) is 0 Å². The number of phenols is 1. The predicted molar refractivity (Wildman–Crippen MR) is 89.8 cm³/mol. The number of phenolic OH excluding ortho intramolecular Hbond substituents is 1. The van der Waals surface area contributed by atoms with E-state index in [4.69, 9.17) is 18.6 Å². The van der Waals surface area contributed by atoms with Gasteiger partial charge in [0.25, 0.3) is 0 Å². The van der Waals surface area contributed by atoms with E-state index in [1.807, 2.05) is 6.07 Å². The summed E-state index contributed by atoms with van der Waals surface area (Å²) in [6.45, 7) is 1.87. The van der Waals surface area contributed by atoms with Gasteiger partial charge in [-0.15, -0.1) is 0 Å². The van der Waals surface area contributed by atoms with Gasteiger partial charge < -0.3 is 23.7 Å². The van der Waals surface area contributed by atoms with Crippen molar-refractivity contribution in [2.75, 3.05) is 33.5 Å². The predicted octanol–water partition coefficient (Wildman–Crippen LogP) is 2.69. The van der Waals surface area contributed by atoms with Gasteiger partial charge in [0.2, 0.25) is 0 Å². The molecule has 3 aromatic rings. The Morgan fingerprint density at radius 3 is 2.58 bits per heavy atom. The maximum absolute atomic E-state index is 12.2. The molecule has 0 spiro atoms. The third-order valence-electron chi connectivity index (χ3n) is 3.60. The zero-order valence-corrected chi connectivity index (χ0v) is 13.3. The molecule has 0 aliphatic rings. The van der Waals surface area contributed by atoms with Crippen LogP contribution in [0.4, 0.5) is 0 Å². The van der Waals surface area contributed by atoms with Crippen LogP contribution in [0.1, 0.15) is 0 Å². The maximum atomic E-state index is 12.2. The molecule has 0 saturated carbocycles. The van der Waals surface area contributed by atoms with E-state index in [1.54, 1.807) is 31.4 Å². The second-order valence-electron chi connectivity index (χ2n) is 5.23. The highest BCUT2D eigenvalue weighted by molar-refractivity contribution is 6.04. The van der Waals surface area contributed by atoms with Gasteiger partial charge in [0.05, 0.1) is 25.2 Å². The van der Waals surface area contributed by atoms with E-state index < -0.39 is 5.63 Å². The highest BCUT2D eigenvalue weighted by atomic mass is 16.5. The summed E-state index contributed by atoms with van der Waals surface area (Å²) in [4.78, 5) is 12.2. The second-order valence-corrected chi connectivity index (χ2v) is 5.23. The van der Waals surface area contributed by atoms with Crippen LogP contribution in [0.3, 0.4) is 0 Å². The molecule has 6 heteroatoms. The van der Waals surface area contributed by atoms with Gasteiger partial charge in [-0.2, -0.15) is 0 Å². The van der Waals surface area contributed by atoms with Crippen LogP contribution in [0.5, 0.6) is 11.5 Å². The highest BCUT2D eigenvalue weighted by Gasteiger charge is 2.09. The van der Waals surface area contributed by atoms with Gasteiger partial charge in [0.15, 0.2) is 0 Å². The van der Waals surface area contributed by atoms with Crippen molar-refractivity contribution in [1.29, 1.82) is 0 Å². The molecule has 3 rings (SSSR count). The molecule has 24 heavy (non-hydrogen) atoms. The van der Waals surface area contributed by atoms with Gasteiger partial charge in [-0.05, 0) is 30.3 Å². The molecular weight excluding hydrogens is 312 g/mol. The minimum Gasteiger partial charge on any atom is -0.508 e. The first-order valence-corrected chi connectivity index (χ1v) is 7.58. The van der Waals surface area contributed by atoms with E-state index in [1.165, 1.54) is 6.07 Å². The van der Waals surface area contributed by atoms with Crippen LogP contribution in [0.15, 0.2) is 45.6 Å². The summed E-state index contributed by atoms with van der Waals surface area (Å²) in [6, 6.07) is 9.97. The first-order chi connectivity index (χ1) is 11.7. The fourth-order valence-electron chi connectivity index (χ4n) is 2.45. The van der Waals surface area contributed by atoms with Crippen LogP contribution in [-0.4, -0.2) is 38.6 Å². The summed E-state index contributed by atoms with van der Waals surface area (Å²) in [5.41, 5.74) is -0.113. The van der Waals surface area contributed by atoms with E-state index >= 15 is 0 Å². The van der Waals surface area contributed by atoms with Crippen LogP contribution in [0, 0.1) is 0 Å². The van der Waals surface area contributed by atoms with E-state index in [9.17, 15) is 9.90 Å². The van der Waals surface area contributed by atoms with Crippen LogP contribution >= 0.6 is 0 Å². The normalized spacial score (nSPS) is 11.2. The number of aromatic hydroxyl groups is 1. The Morgan fingerprint density at radius 2 is 1.75 bits per heavy atom. The number of methoxy groups -OCH3 is 1. The number of hydrogen-bond donors (Lipinski definition) is 1. The molecule has 0 unspecified atom stereocenters.